The molecule has 2 aromatic heterocycles. The molecule has 130 valence electrons. The molecule has 0 aliphatic carbocycles. The normalized spacial score (nSPS) is 12.0. The smallest absolute Gasteiger partial charge is 0.418 e. The number of hydrogen-bond donors (Lipinski definition) is 2. The summed E-state index contributed by atoms with van der Waals surface area (Å²) in [5.41, 5.74) is 9.49. The number of ether oxygens (including phenoxy) is 1. The molecule has 0 spiro atoms. The molecule has 0 fully saturated rings. The molecule has 0 unspecified atom stereocenters. The van der Waals surface area contributed by atoms with Gasteiger partial charge in [0.25, 0.3) is 0 Å². The molecule has 0 amide bonds. The Morgan fingerprint density at radius 1 is 1.40 bits per heavy atom. The molecule has 2 heterocycles. The number of nitrogens with two attached hydrogens (primary N) is 1. The molecule has 0 saturated carbocycles. The highest BCUT2D eigenvalue weighted by Gasteiger charge is 2.19. The molecule has 25 heavy (non-hydrogen) atoms. The third kappa shape index (κ3) is 3.97. The maximum absolute atomic E-state index is 12.3. The summed E-state index contributed by atoms with van der Waals surface area (Å²) in [6.45, 7) is 5.52. The molecule has 3 rings (SSSR count). The molecule has 3 N–H and O–H groups in total. The van der Waals surface area contributed by atoms with Crippen molar-refractivity contribution in [3.63, 3.8) is 0 Å². The third-order valence-electron chi connectivity index (χ3n) is 3.24. The molecule has 0 aliphatic heterocycles. The van der Waals surface area contributed by atoms with Gasteiger partial charge in [0.1, 0.15) is 11.4 Å². The number of fused-ring (bicyclic) bond motifs is 1. The number of carbonyl (C=O) groups is 1. The molecule has 0 aliphatic rings. The Kier molecular flexibility index (Phi) is 4.45. The number of anilines is 2. The molecule has 0 bridgehead atoms. The number of hydrogen-bond acceptors (Lipinski definition) is 7. The Morgan fingerprint density at radius 2 is 2.20 bits per heavy atom. The van der Waals surface area contributed by atoms with E-state index >= 15 is 0 Å². The van der Waals surface area contributed by atoms with Crippen molar-refractivity contribution < 1.29 is 9.53 Å². The van der Waals surface area contributed by atoms with E-state index in [9.17, 15) is 4.79 Å². The largest absolute Gasteiger partial charge is 0.443 e. The molecule has 3 aromatic rings. The van der Waals surface area contributed by atoms with Crippen molar-refractivity contribution in [2.75, 3.05) is 11.2 Å². The van der Waals surface area contributed by atoms with Crippen LogP contribution in [0.1, 0.15) is 26.3 Å². The minimum absolute atomic E-state index is 0.409. The second-order valence-electron chi connectivity index (χ2n) is 6.39. The van der Waals surface area contributed by atoms with E-state index in [0.717, 1.165) is 16.5 Å². The van der Waals surface area contributed by atoms with Crippen LogP contribution >= 0.6 is 11.3 Å². The van der Waals surface area contributed by atoms with Gasteiger partial charge >= 0.3 is 6.09 Å². The van der Waals surface area contributed by atoms with E-state index in [-0.39, 0.29) is 0 Å². The molecular formula is C17H19N5O2S. The predicted octanol–water partition coefficient (Wildman–Crippen LogP) is 3.91. The lowest BCUT2D eigenvalue weighted by Gasteiger charge is -2.19. The van der Waals surface area contributed by atoms with Crippen molar-refractivity contribution in [2.45, 2.75) is 26.4 Å². The van der Waals surface area contributed by atoms with E-state index < -0.39 is 11.7 Å². The Hall–Kier alpha value is -2.87. The standard InChI is InChI=1S/C17H19N5O2S/c1-17(2,3)24-16(23)22-8-7-12-11(5-4-6-13(12)22)9-19-21-15-20-14(18)10-25-15/h4-10H,18H2,1-3H3,(H,20,21). The molecular weight excluding hydrogens is 338 g/mol. The zero-order valence-corrected chi connectivity index (χ0v) is 15.0. The number of nitrogen functional groups attached to an aromatic ring is 1. The average molecular weight is 357 g/mol. The second kappa shape index (κ2) is 6.56. The molecule has 1 aromatic carbocycles. The summed E-state index contributed by atoms with van der Waals surface area (Å²) in [7, 11) is 0. The van der Waals surface area contributed by atoms with Gasteiger partial charge in [0.2, 0.25) is 5.13 Å². The van der Waals surface area contributed by atoms with Gasteiger partial charge in [-0.3, -0.25) is 9.99 Å². The average Bonchev–Trinajstić information content (AvgIpc) is 3.12. The Bertz CT molecular complexity index is 936. The number of aromatic nitrogens is 2. The second-order valence-corrected chi connectivity index (χ2v) is 7.25. The third-order valence-corrected chi connectivity index (χ3v) is 4.01. The molecule has 7 nitrogen and oxygen atoms in total. The summed E-state index contributed by atoms with van der Waals surface area (Å²) in [5, 5.41) is 7.43. The van der Waals surface area contributed by atoms with E-state index in [1.807, 2.05) is 45.0 Å². The summed E-state index contributed by atoms with van der Waals surface area (Å²) >= 11 is 1.38. The summed E-state index contributed by atoms with van der Waals surface area (Å²) in [4.78, 5) is 16.4. The van der Waals surface area contributed by atoms with Crippen LogP contribution in [0, 0.1) is 0 Å². The van der Waals surface area contributed by atoms with E-state index in [2.05, 4.69) is 15.5 Å². The highest BCUT2D eigenvalue weighted by molar-refractivity contribution is 7.14. The lowest BCUT2D eigenvalue weighted by molar-refractivity contribution is 0.0544. The van der Waals surface area contributed by atoms with Gasteiger partial charge in [0.15, 0.2) is 0 Å². The van der Waals surface area contributed by atoms with E-state index in [4.69, 9.17) is 10.5 Å². The van der Waals surface area contributed by atoms with Crippen LogP contribution in [0.3, 0.4) is 0 Å². The highest BCUT2D eigenvalue weighted by Crippen LogP contribution is 2.21. The van der Waals surface area contributed by atoms with Crippen molar-refractivity contribution >= 4 is 45.5 Å². The lowest BCUT2D eigenvalue weighted by Crippen LogP contribution is -2.26. The Balaban J connectivity index is 1.84. The highest BCUT2D eigenvalue weighted by atomic mass is 32.1. The quantitative estimate of drug-likeness (QED) is 0.547. The number of nitrogens with one attached hydrogen (secondary N) is 1. The van der Waals surface area contributed by atoms with Crippen LogP contribution in [0.15, 0.2) is 40.9 Å². The predicted molar refractivity (Wildman–Crippen MR) is 101 cm³/mol. The topological polar surface area (TPSA) is 94.5 Å². The Labute approximate surface area is 149 Å². The van der Waals surface area contributed by atoms with Gasteiger partial charge in [-0.2, -0.15) is 5.10 Å². The van der Waals surface area contributed by atoms with Crippen LogP contribution in [0.5, 0.6) is 0 Å². The Morgan fingerprint density at radius 3 is 2.88 bits per heavy atom. The van der Waals surface area contributed by atoms with E-state index in [1.54, 1.807) is 17.8 Å². The number of nitrogens with zero attached hydrogens (tertiary/aromatic N) is 3. The van der Waals surface area contributed by atoms with Gasteiger partial charge in [0.05, 0.1) is 11.7 Å². The molecule has 8 heteroatoms. The van der Waals surface area contributed by atoms with Crippen molar-refractivity contribution in [3.8, 4) is 0 Å². The maximum Gasteiger partial charge on any atom is 0.418 e. The zero-order chi connectivity index (χ0) is 18.0. The first-order valence-electron chi connectivity index (χ1n) is 7.67. The van der Waals surface area contributed by atoms with Crippen LogP contribution in [0.4, 0.5) is 15.7 Å². The van der Waals surface area contributed by atoms with Crippen LogP contribution < -0.4 is 11.2 Å². The fraction of sp³-hybridized carbons (Fsp3) is 0.235. The molecule has 0 atom stereocenters. The number of carbonyl (C=O) groups excluding carboxylic acids is 1. The first-order chi connectivity index (χ1) is 11.8. The van der Waals surface area contributed by atoms with Gasteiger partial charge in [-0.15, -0.1) is 11.3 Å². The van der Waals surface area contributed by atoms with E-state index in [1.165, 1.54) is 15.9 Å². The van der Waals surface area contributed by atoms with Crippen molar-refractivity contribution in [1.29, 1.82) is 0 Å². The first kappa shape index (κ1) is 17.0. The summed E-state index contributed by atoms with van der Waals surface area (Å²) in [6.07, 6.45) is 2.97. The van der Waals surface area contributed by atoms with Crippen molar-refractivity contribution in [2.24, 2.45) is 5.10 Å². The maximum atomic E-state index is 12.3. The number of rotatable bonds is 3. The van der Waals surface area contributed by atoms with Gasteiger partial charge in [-0.05, 0) is 32.9 Å². The number of hydrazone groups is 1. The minimum Gasteiger partial charge on any atom is -0.443 e. The van der Waals surface area contributed by atoms with Gasteiger partial charge in [-0.1, -0.05) is 12.1 Å². The van der Waals surface area contributed by atoms with Crippen molar-refractivity contribution in [3.05, 3.63) is 41.4 Å². The van der Waals surface area contributed by atoms with Crippen LogP contribution in [-0.2, 0) is 4.74 Å². The van der Waals surface area contributed by atoms with Gasteiger partial charge < -0.3 is 10.5 Å². The zero-order valence-electron chi connectivity index (χ0n) is 14.2. The fourth-order valence-corrected chi connectivity index (χ4v) is 2.82. The van der Waals surface area contributed by atoms with Crippen molar-refractivity contribution in [1.82, 2.24) is 9.55 Å². The van der Waals surface area contributed by atoms with Crippen LogP contribution in [0.25, 0.3) is 10.9 Å². The molecule has 0 saturated heterocycles. The van der Waals surface area contributed by atoms with Gasteiger partial charge in [-0.25, -0.2) is 9.78 Å². The monoisotopic (exact) mass is 357 g/mol. The summed E-state index contributed by atoms with van der Waals surface area (Å²) in [6, 6.07) is 7.52. The summed E-state index contributed by atoms with van der Waals surface area (Å²) in [5.74, 6) is 0.458. The number of benzene rings is 1. The fourth-order valence-electron chi connectivity index (χ4n) is 2.27. The van der Waals surface area contributed by atoms with Crippen LogP contribution in [-0.4, -0.2) is 27.5 Å². The molecule has 0 radical (unpaired) electrons. The lowest BCUT2D eigenvalue weighted by atomic mass is 10.1. The SMILES string of the molecule is CC(C)(C)OC(=O)n1ccc2c(C=NNc3nc(N)cs3)cccc21. The van der Waals surface area contributed by atoms with Gasteiger partial charge in [0, 0.05) is 22.5 Å². The summed E-state index contributed by atoms with van der Waals surface area (Å²) < 4.78 is 6.92. The van der Waals surface area contributed by atoms with Crippen LogP contribution in [0.2, 0.25) is 0 Å². The number of thiazole rings is 1. The first-order valence-corrected chi connectivity index (χ1v) is 8.55. The van der Waals surface area contributed by atoms with E-state index in [0.29, 0.717) is 10.9 Å². The minimum atomic E-state index is -0.549.